The minimum Gasteiger partial charge on any atom is -0.338 e. The van der Waals surface area contributed by atoms with Crippen LogP contribution in [0.3, 0.4) is 0 Å². The molecule has 0 unspecified atom stereocenters. The molecule has 1 aromatic heterocycles. The molecule has 4 rings (SSSR count). The highest BCUT2D eigenvalue weighted by atomic mass is 35.5. The van der Waals surface area contributed by atoms with Crippen LogP contribution in [-0.4, -0.2) is 10.5 Å². The second kappa shape index (κ2) is 8.32. The van der Waals surface area contributed by atoms with Crippen molar-refractivity contribution in [3.63, 3.8) is 0 Å². The fraction of sp³-hybridized carbons (Fsp3) is 0.0870. The molecule has 3 aromatic carbocycles. The van der Waals surface area contributed by atoms with Gasteiger partial charge in [0.15, 0.2) is 0 Å². The third-order valence-electron chi connectivity index (χ3n) is 4.76. The molecule has 0 saturated carbocycles. The van der Waals surface area contributed by atoms with Crippen LogP contribution >= 0.6 is 23.4 Å². The molecule has 3 nitrogen and oxygen atoms in total. The number of alkyl halides is 3. The van der Waals surface area contributed by atoms with Gasteiger partial charge in [-0.25, -0.2) is 0 Å². The van der Waals surface area contributed by atoms with E-state index < -0.39 is 11.7 Å². The summed E-state index contributed by atoms with van der Waals surface area (Å²) in [6.45, 7) is 0. The third-order valence-corrected chi connectivity index (χ3v) is 6.17. The van der Waals surface area contributed by atoms with E-state index in [0.29, 0.717) is 31.6 Å². The summed E-state index contributed by atoms with van der Waals surface area (Å²) < 4.78 is 41.2. The maximum absolute atomic E-state index is 13.2. The van der Waals surface area contributed by atoms with Gasteiger partial charge in [-0.05, 0) is 48.5 Å². The number of carbonyl (C=O) groups excluding carboxylic acids is 1. The number of hydrogen-bond acceptors (Lipinski definition) is 2. The molecule has 0 radical (unpaired) electrons. The van der Waals surface area contributed by atoms with Crippen LogP contribution < -0.4 is 5.32 Å². The lowest BCUT2D eigenvalue weighted by molar-refractivity contribution is -0.137. The van der Waals surface area contributed by atoms with Gasteiger partial charge >= 0.3 is 6.18 Å². The smallest absolute Gasteiger partial charge is 0.338 e. The van der Waals surface area contributed by atoms with E-state index >= 15 is 0 Å². The molecule has 4 aromatic rings. The van der Waals surface area contributed by atoms with Gasteiger partial charge in [0.05, 0.1) is 16.2 Å². The Labute approximate surface area is 185 Å². The second-order valence-electron chi connectivity index (χ2n) is 6.84. The van der Waals surface area contributed by atoms with Gasteiger partial charge in [-0.1, -0.05) is 47.6 Å². The second-order valence-corrected chi connectivity index (χ2v) is 8.34. The molecule has 0 aliphatic rings. The van der Waals surface area contributed by atoms with Crippen LogP contribution in [0.2, 0.25) is 5.02 Å². The number of nitrogens with one attached hydrogen (secondary N) is 1. The predicted molar refractivity (Wildman–Crippen MR) is 118 cm³/mol. The van der Waals surface area contributed by atoms with Gasteiger partial charge in [-0.3, -0.25) is 4.79 Å². The monoisotopic (exact) mass is 460 g/mol. The Morgan fingerprint density at radius 1 is 1.00 bits per heavy atom. The third kappa shape index (κ3) is 4.43. The Morgan fingerprint density at radius 2 is 1.71 bits per heavy atom. The normalized spacial score (nSPS) is 11.6. The summed E-state index contributed by atoms with van der Waals surface area (Å²) in [4.78, 5) is 13.6. The Morgan fingerprint density at radius 3 is 2.42 bits per heavy atom. The zero-order chi connectivity index (χ0) is 22.2. The van der Waals surface area contributed by atoms with Gasteiger partial charge in [0.1, 0.15) is 0 Å². The van der Waals surface area contributed by atoms with Crippen LogP contribution in [0.5, 0.6) is 0 Å². The number of carbonyl (C=O) groups is 1. The number of rotatable bonds is 4. The lowest BCUT2D eigenvalue weighted by Gasteiger charge is -2.11. The minimum atomic E-state index is -4.44. The summed E-state index contributed by atoms with van der Waals surface area (Å²) in [6.07, 6.45) is -4.44. The van der Waals surface area contributed by atoms with Gasteiger partial charge in [0.2, 0.25) is 0 Å². The van der Waals surface area contributed by atoms with Crippen LogP contribution in [0.4, 0.5) is 18.9 Å². The van der Waals surface area contributed by atoms with Crippen molar-refractivity contribution in [1.82, 2.24) is 4.57 Å². The molecule has 8 heteroatoms. The fourth-order valence-corrected chi connectivity index (χ4v) is 4.50. The summed E-state index contributed by atoms with van der Waals surface area (Å²) in [6, 6.07) is 19.1. The van der Waals surface area contributed by atoms with Gasteiger partial charge in [0, 0.05) is 33.6 Å². The molecule has 158 valence electrons. The number of para-hydroxylation sites is 1. The number of hydrogen-bond donors (Lipinski definition) is 1. The molecule has 0 fully saturated rings. The zero-order valence-electron chi connectivity index (χ0n) is 16.2. The Hall–Kier alpha value is -2.90. The first-order valence-electron chi connectivity index (χ1n) is 9.23. The van der Waals surface area contributed by atoms with E-state index in [1.54, 1.807) is 37.4 Å². The molecule has 1 N–H and O–H groups in total. The van der Waals surface area contributed by atoms with Crippen molar-refractivity contribution in [2.45, 2.75) is 16.1 Å². The van der Waals surface area contributed by atoms with E-state index in [-0.39, 0.29) is 5.91 Å². The van der Waals surface area contributed by atoms with Gasteiger partial charge < -0.3 is 9.88 Å². The van der Waals surface area contributed by atoms with Gasteiger partial charge in [-0.2, -0.15) is 13.2 Å². The van der Waals surface area contributed by atoms with E-state index in [1.165, 1.54) is 6.07 Å². The molecule has 31 heavy (non-hydrogen) atoms. The lowest BCUT2D eigenvalue weighted by atomic mass is 10.1. The number of fused-ring (bicyclic) bond motifs is 1. The molecule has 0 saturated heterocycles. The Bertz CT molecular complexity index is 1270. The number of amides is 1. The first-order chi connectivity index (χ1) is 14.7. The molecule has 0 atom stereocenters. The van der Waals surface area contributed by atoms with Crippen LogP contribution in [0.25, 0.3) is 10.9 Å². The molecule has 1 heterocycles. The van der Waals surface area contributed by atoms with Crippen LogP contribution in [0.1, 0.15) is 15.9 Å². The number of halogens is 4. The van der Waals surface area contributed by atoms with Crippen LogP contribution in [0, 0.1) is 0 Å². The maximum atomic E-state index is 13.2. The quantitative estimate of drug-likeness (QED) is 0.348. The first-order valence-corrected chi connectivity index (χ1v) is 10.4. The maximum Gasteiger partial charge on any atom is 0.416 e. The summed E-state index contributed by atoms with van der Waals surface area (Å²) in [5, 5.41) is 4.66. The number of nitrogens with zero attached hydrogens (tertiary/aromatic N) is 1. The fourth-order valence-electron chi connectivity index (χ4n) is 3.28. The van der Waals surface area contributed by atoms with Crippen molar-refractivity contribution in [3.05, 3.63) is 88.9 Å². The predicted octanol–water partition coefficient (Wildman–Crippen LogP) is 7.25. The number of benzene rings is 3. The average Bonchev–Trinajstić information content (AvgIpc) is 3.01. The highest BCUT2D eigenvalue weighted by Crippen LogP contribution is 2.39. The Balaban J connectivity index is 1.77. The number of aryl methyl sites for hydroxylation is 1. The summed E-state index contributed by atoms with van der Waals surface area (Å²) in [7, 11) is 1.79. The Kier molecular flexibility index (Phi) is 5.73. The molecular weight excluding hydrogens is 445 g/mol. The van der Waals surface area contributed by atoms with E-state index in [2.05, 4.69) is 5.32 Å². The number of aromatic nitrogens is 1. The topological polar surface area (TPSA) is 34.0 Å². The van der Waals surface area contributed by atoms with Crippen molar-refractivity contribution >= 4 is 45.9 Å². The summed E-state index contributed by atoms with van der Waals surface area (Å²) >= 11 is 7.03. The molecule has 0 aliphatic heterocycles. The van der Waals surface area contributed by atoms with Gasteiger partial charge in [-0.15, -0.1) is 0 Å². The van der Waals surface area contributed by atoms with E-state index in [1.807, 2.05) is 28.8 Å². The lowest BCUT2D eigenvalue weighted by Crippen LogP contribution is -2.13. The summed E-state index contributed by atoms with van der Waals surface area (Å²) in [5.41, 5.74) is 1.04. The molecule has 0 bridgehead atoms. The molecule has 0 spiro atoms. The van der Waals surface area contributed by atoms with E-state index in [4.69, 9.17) is 11.6 Å². The first kappa shape index (κ1) is 21.3. The van der Waals surface area contributed by atoms with Crippen molar-refractivity contribution in [1.29, 1.82) is 0 Å². The van der Waals surface area contributed by atoms with E-state index in [9.17, 15) is 18.0 Å². The van der Waals surface area contributed by atoms with E-state index in [0.717, 1.165) is 29.4 Å². The van der Waals surface area contributed by atoms with Crippen molar-refractivity contribution < 1.29 is 18.0 Å². The minimum absolute atomic E-state index is 0.353. The summed E-state index contributed by atoms with van der Waals surface area (Å²) in [5.74, 6) is -0.353. The van der Waals surface area contributed by atoms with Crippen LogP contribution in [-0.2, 0) is 13.2 Å². The van der Waals surface area contributed by atoms with Crippen molar-refractivity contribution in [2.75, 3.05) is 5.32 Å². The molecule has 0 aliphatic carbocycles. The molecular formula is C23H16ClF3N2OS. The van der Waals surface area contributed by atoms with Crippen molar-refractivity contribution in [2.24, 2.45) is 7.05 Å². The zero-order valence-corrected chi connectivity index (χ0v) is 17.8. The van der Waals surface area contributed by atoms with Gasteiger partial charge in [0.25, 0.3) is 5.91 Å². The van der Waals surface area contributed by atoms with Crippen molar-refractivity contribution in [3.8, 4) is 0 Å². The standard InChI is InChI=1S/C23H16ClF3N2OS/c1-29-19-8-3-2-7-18(19)20(21(30)28-16-11-9-15(24)10-12-16)22(29)31-17-6-4-5-14(13-17)23(25,26)27/h2-13H,1H3,(H,28,30). The highest BCUT2D eigenvalue weighted by molar-refractivity contribution is 7.99. The molecule has 1 amide bonds. The highest BCUT2D eigenvalue weighted by Gasteiger charge is 2.31. The largest absolute Gasteiger partial charge is 0.416 e. The number of anilines is 1. The average molecular weight is 461 g/mol. The SMILES string of the molecule is Cn1c(Sc2cccc(C(F)(F)F)c2)c(C(=O)Nc2ccc(Cl)cc2)c2ccccc21. The van der Waals surface area contributed by atoms with Crippen LogP contribution in [0.15, 0.2) is 82.7 Å².